The molecule has 1 saturated heterocycles. The SMILES string of the molecule is COCCOCCNC(=O)c1ccc(F)c(S(=O)(=O)N2CCCC2)c1. The number of sulfonamides is 1. The summed E-state index contributed by atoms with van der Waals surface area (Å²) in [6, 6.07) is 3.36. The molecular weight excluding hydrogens is 351 g/mol. The lowest BCUT2D eigenvalue weighted by Crippen LogP contribution is -2.30. The topological polar surface area (TPSA) is 84.9 Å². The number of carbonyl (C=O) groups excluding carboxylic acids is 1. The minimum Gasteiger partial charge on any atom is -0.382 e. The molecule has 25 heavy (non-hydrogen) atoms. The van der Waals surface area contributed by atoms with E-state index in [4.69, 9.17) is 9.47 Å². The third-order valence-electron chi connectivity index (χ3n) is 3.84. The van der Waals surface area contributed by atoms with E-state index in [0.717, 1.165) is 25.0 Å². The van der Waals surface area contributed by atoms with E-state index in [1.165, 1.54) is 10.4 Å². The largest absolute Gasteiger partial charge is 0.382 e. The van der Waals surface area contributed by atoms with Crippen LogP contribution < -0.4 is 5.32 Å². The fourth-order valence-corrected chi connectivity index (χ4v) is 4.10. The van der Waals surface area contributed by atoms with Crippen LogP contribution in [0.1, 0.15) is 23.2 Å². The Bertz CT molecular complexity index is 690. The van der Waals surface area contributed by atoms with Crippen molar-refractivity contribution in [3.8, 4) is 0 Å². The van der Waals surface area contributed by atoms with Crippen molar-refractivity contribution in [1.82, 2.24) is 9.62 Å². The Morgan fingerprint density at radius 2 is 1.96 bits per heavy atom. The average Bonchev–Trinajstić information content (AvgIpc) is 3.13. The highest BCUT2D eigenvalue weighted by atomic mass is 32.2. The lowest BCUT2D eigenvalue weighted by Gasteiger charge is -2.16. The van der Waals surface area contributed by atoms with Crippen molar-refractivity contribution in [2.75, 3.05) is 46.6 Å². The Hall–Kier alpha value is -1.55. The molecule has 0 aliphatic carbocycles. The van der Waals surface area contributed by atoms with Crippen LogP contribution in [-0.4, -0.2) is 65.2 Å². The van der Waals surface area contributed by atoms with Crippen molar-refractivity contribution in [1.29, 1.82) is 0 Å². The van der Waals surface area contributed by atoms with E-state index in [0.29, 0.717) is 32.9 Å². The van der Waals surface area contributed by atoms with Gasteiger partial charge in [-0.25, -0.2) is 12.8 Å². The third kappa shape index (κ3) is 5.21. The van der Waals surface area contributed by atoms with E-state index < -0.39 is 26.6 Å². The molecule has 1 amide bonds. The summed E-state index contributed by atoms with van der Waals surface area (Å²) in [5, 5.41) is 2.61. The van der Waals surface area contributed by atoms with Crippen LogP contribution in [0.15, 0.2) is 23.1 Å². The molecule has 9 heteroatoms. The lowest BCUT2D eigenvalue weighted by atomic mass is 10.2. The smallest absolute Gasteiger partial charge is 0.251 e. The first-order valence-electron chi connectivity index (χ1n) is 8.11. The second-order valence-electron chi connectivity index (χ2n) is 5.62. The number of hydrogen-bond acceptors (Lipinski definition) is 5. The van der Waals surface area contributed by atoms with Gasteiger partial charge in [-0.15, -0.1) is 0 Å². The van der Waals surface area contributed by atoms with Crippen molar-refractivity contribution in [3.05, 3.63) is 29.6 Å². The van der Waals surface area contributed by atoms with Gasteiger partial charge in [0, 0.05) is 32.3 Å². The van der Waals surface area contributed by atoms with Crippen LogP contribution in [0.2, 0.25) is 0 Å². The number of halogens is 1. The molecule has 1 aromatic carbocycles. The minimum atomic E-state index is -3.92. The number of hydrogen-bond donors (Lipinski definition) is 1. The highest BCUT2D eigenvalue weighted by Gasteiger charge is 2.30. The Kier molecular flexibility index (Phi) is 7.30. The molecule has 1 aliphatic heterocycles. The number of methoxy groups -OCH3 is 1. The summed E-state index contributed by atoms with van der Waals surface area (Å²) < 4.78 is 50.4. The predicted molar refractivity (Wildman–Crippen MR) is 89.4 cm³/mol. The average molecular weight is 374 g/mol. The van der Waals surface area contributed by atoms with Gasteiger partial charge in [0.15, 0.2) is 0 Å². The molecule has 1 aliphatic rings. The van der Waals surface area contributed by atoms with Crippen LogP contribution in [-0.2, 0) is 19.5 Å². The van der Waals surface area contributed by atoms with Gasteiger partial charge in [0.25, 0.3) is 5.91 Å². The number of amides is 1. The Balaban J connectivity index is 2.01. The highest BCUT2D eigenvalue weighted by Crippen LogP contribution is 2.24. The molecule has 0 spiro atoms. The molecule has 0 bridgehead atoms. The summed E-state index contributed by atoms with van der Waals surface area (Å²) in [4.78, 5) is 11.7. The van der Waals surface area contributed by atoms with Gasteiger partial charge in [-0.2, -0.15) is 4.31 Å². The van der Waals surface area contributed by atoms with Gasteiger partial charge in [-0.3, -0.25) is 4.79 Å². The third-order valence-corrected chi connectivity index (χ3v) is 5.75. The summed E-state index contributed by atoms with van der Waals surface area (Å²) in [7, 11) is -2.36. The molecule has 1 fully saturated rings. The van der Waals surface area contributed by atoms with E-state index in [2.05, 4.69) is 5.32 Å². The predicted octanol–water partition coefficient (Wildman–Crippen LogP) is 1.00. The summed E-state index contributed by atoms with van der Waals surface area (Å²) in [6.07, 6.45) is 1.51. The molecule has 0 saturated carbocycles. The van der Waals surface area contributed by atoms with Gasteiger partial charge < -0.3 is 14.8 Å². The number of benzene rings is 1. The molecule has 0 unspecified atom stereocenters. The maximum atomic E-state index is 14.0. The van der Waals surface area contributed by atoms with Crippen molar-refractivity contribution >= 4 is 15.9 Å². The molecule has 2 rings (SSSR count). The standard InChI is InChI=1S/C16H23FN2O5S/c1-23-10-11-24-9-6-18-16(20)13-4-5-14(17)15(12-13)25(21,22)19-7-2-3-8-19/h4-5,12H,2-3,6-11H2,1H3,(H,18,20). The monoisotopic (exact) mass is 374 g/mol. The van der Waals surface area contributed by atoms with E-state index in [-0.39, 0.29) is 12.1 Å². The number of nitrogens with one attached hydrogen (secondary N) is 1. The normalized spacial score (nSPS) is 15.4. The molecule has 7 nitrogen and oxygen atoms in total. The molecule has 140 valence electrons. The second-order valence-corrected chi connectivity index (χ2v) is 7.52. The lowest BCUT2D eigenvalue weighted by molar-refractivity contribution is 0.0692. The molecule has 0 atom stereocenters. The van der Waals surface area contributed by atoms with E-state index in [9.17, 15) is 17.6 Å². The van der Waals surface area contributed by atoms with E-state index >= 15 is 0 Å². The van der Waals surface area contributed by atoms with Crippen LogP contribution in [0, 0.1) is 5.82 Å². The van der Waals surface area contributed by atoms with Gasteiger partial charge >= 0.3 is 0 Å². The maximum Gasteiger partial charge on any atom is 0.251 e. The number of ether oxygens (including phenoxy) is 2. The number of nitrogens with zero attached hydrogens (tertiary/aromatic N) is 1. The van der Waals surface area contributed by atoms with Crippen molar-refractivity contribution < 1.29 is 27.1 Å². The fraction of sp³-hybridized carbons (Fsp3) is 0.562. The van der Waals surface area contributed by atoms with Crippen LogP contribution in [0.5, 0.6) is 0 Å². The van der Waals surface area contributed by atoms with Crippen LogP contribution in [0.3, 0.4) is 0 Å². The summed E-state index contributed by atoms with van der Waals surface area (Å²) in [6.45, 7) is 2.18. The molecule has 1 N–H and O–H groups in total. The van der Waals surface area contributed by atoms with Crippen LogP contribution >= 0.6 is 0 Å². The van der Waals surface area contributed by atoms with Gasteiger partial charge in [0.05, 0.1) is 19.8 Å². The molecule has 1 aromatic rings. The van der Waals surface area contributed by atoms with Crippen molar-refractivity contribution in [3.63, 3.8) is 0 Å². The summed E-state index contributed by atoms with van der Waals surface area (Å²) in [5.74, 6) is -1.33. The van der Waals surface area contributed by atoms with Gasteiger partial charge in [0.2, 0.25) is 10.0 Å². The van der Waals surface area contributed by atoms with Crippen LogP contribution in [0.25, 0.3) is 0 Å². The first-order valence-corrected chi connectivity index (χ1v) is 9.55. The Labute approximate surface area is 147 Å². The van der Waals surface area contributed by atoms with Gasteiger partial charge in [0.1, 0.15) is 10.7 Å². The van der Waals surface area contributed by atoms with E-state index in [1.807, 2.05) is 0 Å². The summed E-state index contributed by atoms with van der Waals surface area (Å²) >= 11 is 0. The minimum absolute atomic E-state index is 0.0936. The first-order chi connectivity index (χ1) is 12.0. The quantitative estimate of drug-likeness (QED) is 0.652. The number of rotatable bonds is 9. The van der Waals surface area contributed by atoms with Gasteiger partial charge in [-0.05, 0) is 31.0 Å². The Morgan fingerprint density at radius 3 is 2.64 bits per heavy atom. The zero-order valence-corrected chi connectivity index (χ0v) is 15.0. The van der Waals surface area contributed by atoms with E-state index in [1.54, 1.807) is 7.11 Å². The zero-order chi connectivity index (χ0) is 18.3. The second kappa shape index (κ2) is 9.23. The van der Waals surface area contributed by atoms with Crippen molar-refractivity contribution in [2.24, 2.45) is 0 Å². The Morgan fingerprint density at radius 1 is 1.24 bits per heavy atom. The fourth-order valence-electron chi connectivity index (χ4n) is 2.49. The number of carbonyl (C=O) groups is 1. The van der Waals surface area contributed by atoms with Crippen LogP contribution in [0.4, 0.5) is 4.39 Å². The van der Waals surface area contributed by atoms with Crippen molar-refractivity contribution in [2.45, 2.75) is 17.7 Å². The molecule has 1 heterocycles. The zero-order valence-electron chi connectivity index (χ0n) is 14.2. The summed E-state index contributed by atoms with van der Waals surface area (Å²) in [5.41, 5.74) is 0.0936. The molecule has 0 radical (unpaired) electrons. The molecule has 0 aromatic heterocycles. The first kappa shape index (κ1) is 19.8. The molecular formula is C16H23FN2O5S. The maximum absolute atomic E-state index is 14.0. The highest BCUT2D eigenvalue weighted by molar-refractivity contribution is 7.89. The van der Waals surface area contributed by atoms with Gasteiger partial charge in [-0.1, -0.05) is 0 Å².